The summed E-state index contributed by atoms with van der Waals surface area (Å²) < 4.78 is 4.58. The first kappa shape index (κ1) is 14.4. The Kier molecular flexibility index (Phi) is 4.44. The molecule has 0 spiro atoms. The number of nitrogens with zero attached hydrogens (tertiary/aromatic N) is 3. The number of nitro benzene ring substituents is 1. The van der Waals surface area contributed by atoms with Gasteiger partial charge in [-0.1, -0.05) is 5.16 Å². The first-order chi connectivity index (χ1) is 10.1. The van der Waals surface area contributed by atoms with Gasteiger partial charge in [-0.25, -0.2) is 0 Å². The topological polar surface area (TPSA) is 123 Å². The Morgan fingerprint density at radius 3 is 2.90 bits per heavy atom. The summed E-state index contributed by atoms with van der Waals surface area (Å²) in [5, 5.41) is 19.8. The van der Waals surface area contributed by atoms with Crippen molar-refractivity contribution in [3.05, 3.63) is 46.1 Å². The van der Waals surface area contributed by atoms with Crippen molar-refractivity contribution in [1.82, 2.24) is 15.5 Å². The van der Waals surface area contributed by atoms with Gasteiger partial charge in [-0.3, -0.25) is 14.9 Å². The van der Waals surface area contributed by atoms with Gasteiger partial charge in [0.05, 0.1) is 4.92 Å². The van der Waals surface area contributed by atoms with E-state index in [0.29, 0.717) is 24.4 Å². The van der Waals surface area contributed by atoms with E-state index in [9.17, 15) is 14.9 Å². The van der Waals surface area contributed by atoms with Gasteiger partial charge < -0.3 is 15.2 Å². The summed E-state index contributed by atoms with van der Waals surface area (Å²) in [4.78, 5) is 26.1. The van der Waals surface area contributed by atoms with Crippen molar-refractivity contribution in [2.75, 3.05) is 18.9 Å². The number of hydrogen-bond acceptors (Lipinski definition) is 7. The molecule has 0 aliphatic rings. The van der Waals surface area contributed by atoms with Gasteiger partial charge >= 0.3 is 0 Å². The minimum absolute atomic E-state index is 0.0825. The Bertz CT molecular complexity index is 641. The monoisotopic (exact) mass is 291 g/mol. The molecule has 0 radical (unpaired) electrons. The quantitative estimate of drug-likeness (QED) is 0.600. The highest BCUT2D eigenvalue weighted by atomic mass is 16.6. The molecule has 9 heteroatoms. The maximum Gasteiger partial charge on any atom is 0.292 e. The lowest BCUT2D eigenvalue weighted by Crippen LogP contribution is -2.26. The first-order valence-corrected chi connectivity index (χ1v) is 6.11. The number of amides is 1. The van der Waals surface area contributed by atoms with E-state index in [2.05, 4.69) is 25.3 Å². The highest BCUT2D eigenvalue weighted by molar-refractivity contribution is 5.95. The molecule has 0 aliphatic carbocycles. The maximum absolute atomic E-state index is 11.9. The largest absolute Gasteiger partial charge is 0.383 e. The number of benzene rings is 1. The molecule has 0 saturated heterocycles. The fraction of sp³-hybridized carbons (Fsp3) is 0.250. The van der Waals surface area contributed by atoms with E-state index in [0.717, 1.165) is 0 Å². The minimum Gasteiger partial charge on any atom is -0.383 e. The molecule has 0 unspecified atom stereocenters. The van der Waals surface area contributed by atoms with E-state index in [-0.39, 0.29) is 17.3 Å². The smallest absolute Gasteiger partial charge is 0.292 e. The van der Waals surface area contributed by atoms with E-state index < -0.39 is 4.92 Å². The second-order valence-electron chi connectivity index (χ2n) is 4.09. The summed E-state index contributed by atoms with van der Waals surface area (Å²) in [5.41, 5.74) is 0.532. The number of carbonyl (C=O) groups excluding carboxylic acids is 1. The summed E-state index contributed by atoms with van der Waals surface area (Å²) in [6, 6.07) is 4.13. The van der Waals surface area contributed by atoms with Crippen LogP contribution in [0.5, 0.6) is 0 Å². The molecular weight excluding hydrogens is 278 g/mol. The third-order valence-corrected chi connectivity index (χ3v) is 2.77. The van der Waals surface area contributed by atoms with Gasteiger partial charge in [-0.2, -0.15) is 4.98 Å². The predicted molar refractivity (Wildman–Crippen MR) is 73.0 cm³/mol. The molecular formula is C12H13N5O4. The minimum atomic E-state index is -0.510. The average Bonchev–Trinajstić information content (AvgIpc) is 2.99. The molecule has 0 aliphatic heterocycles. The number of nitrogens with one attached hydrogen (secondary N) is 2. The number of nitro groups is 1. The number of carbonyl (C=O) groups is 1. The molecule has 1 amide bonds. The SMILES string of the molecule is CNc1cc(C(=O)NCCc2ncon2)ccc1[N+](=O)[O-]. The number of anilines is 1. The Morgan fingerprint density at radius 1 is 1.48 bits per heavy atom. The van der Waals surface area contributed by atoms with Crippen LogP contribution in [0.25, 0.3) is 0 Å². The lowest BCUT2D eigenvalue weighted by atomic mass is 10.1. The molecule has 1 aromatic carbocycles. The molecule has 0 fully saturated rings. The molecule has 2 N–H and O–H groups in total. The van der Waals surface area contributed by atoms with E-state index in [1.165, 1.54) is 24.6 Å². The van der Waals surface area contributed by atoms with Gasteiger partial charge in [-0.05, 0) is 12.1 Å². The van der Waals surface area contributed by atoms with Gasteiger partial charge in [0.1, 0.15) is 5.69 Å². The van der Waals surface area contributed by atoms with Crippen LogP contribution >= 0.6 is 0 Å². The Morgan fingerprint density at radius 2 is 2.29 bits per heavy atom. The zero-order valence-corrected chi connectivity index (χ0v) is 11.2. The maximum atomic E-state index is 11.9. The van der Waals surface area contributed by atoms with Crippen LogP contribution in [0.15, 0.2) is 29.1 Å². The van der Waals surface area contributed by atoms with Crippen LogP contribution < -0.4 is 10.6 Å². The summed E-state index contributed by atoms with van der Waals surface area (Å²) >= 11 is 0. The Labute approximate surface area is 119 Å². The summed E-state index contributed by atoms with van der Waals surface area (Å²) in [7, 11) is 1.56. The van der Waals surface area contributed by atoms with Crippen LogP contribution in [0, 0.1) is 10.1 Å². The van der Waals surface area contributed by atoms with Gasteiger partial charge in [0.15, 0.2) is 5.82 Å². The lowest BCUT2D eigenvalue weighted by Gasteiger charge is -2.06. The fourth-order valence-electron chi connectivity index (χ4n) is 1.73. The van der Waals surface area contributed by atoms with Crippen molar-refractivity contribution in [1.29, 1.82) is 0 Å². The third-order valence-electron chi connectivity index (χ3n) is 2.77. The summed E-state index contributed by atoms with van der Waals surface area (Å²) in [5.74, 6) is 0.166. The standard InChI is InChI=1S/C12H13N5O4/c1-13-9-6-8(2-3-10(9)17(19)20)12(18)14-5-4-11-15-7-21-16-11/h2-3,6-7,13H,4-5H2,1H3,(H,14,18). The number of rotatable bonds is 6. The van der Waals surface area contributed by atoms with Crippen LogP contribution in [-0.2, 0) is 6.42 Å². The lowest BCUT2D eigenvalue weighted by molar-refractivity contribution is -0.383. The van der Waals surface area contributed by atoms with E-state index >= 15 is 0 Å². The van der Waals surface area contributed by atoms with Crippen molar-refractivity contribution in [3.63, 3.8) is 0 Å². The highest BCUT2D eigenvalue weighted by Gasteiger charge is 2.15. The number of hydrogen-bond donors (Lipinski definition) is 2. The molecule has 0 atom stereocenters. The second-order valence-corrected chi connectivity index (χ2v) is 4.09. The van der Waals surface area contributed by atoms with Gasteiger partial charge in [0.2, 0.25) is 6.39 Å². The van der Waals surface area contributed by atoms with Crippen molar-refractivity contribution < 1.29 is 14.2 Å². The molecule has 0 saturated carbocycles. The van der Waals surface area contributed by atoms with Crippen molar-refractivity contribution in [2.45, 2.75) is 6.42 Å². The molecule has 1 aromatic heterocycles. The van der Waals surface area contributed by atoms with Crippen molar-refractivity contribution in [3.8, 4) is 0 Å². The predicted octanol–water partition coefficient (Wildman–Crippen LogP) is 0.992. The summed E-state index contributed by atoms with van der Waals surface area (Å²) in [6.07, 6.45) is 1.65. The van der Waals surface area contributed by atoms with Gasteiger partial charge in [0, 0.05) is 31.6 Å². The molecule has 110 valence electrons. The summed E-state index contributed by atoms with van der Waals surface area (Å²) in [6.45, 7) is 0.338. The number of aromatic nitrogens is 2. The van der Waals surface area contributed by atoms with E-state index in [4.69, 9.17) is 0 Å². The molecule has 2 aromatic rings. The van der Waals surface area contributed by atoms with Crippen LogP contribution in [-0.4, -0.2) is 34.6 Å². The molecule has 21 heavy (non-hydrogen) atoms. The average molecular weight is 291 g/mol. The van der Waals surface area contributed by atoms with Gasteiger partial charge in [0.25, 0.3) is 11.6 Å². The van der Waals surface area contributed by atoms with Crippen LogP contribution in [0.4, 0.5) is 11.4 Å². The fourth-order valence-corrected chi connectivity index (χ4v) is 1.73. The Hall–Kier alpha value is -2.97. The first-order valence-electron chi connectivity index (χ1n) is 6.11. The zero-order chi connectivity index (χ0) is 15.2. The Balaban J connectivity index is 2.00. The van der Waals surface area contributed by atoms with Crippen LogP contribution in [0.1, 0.15) is 16.2 Å². The molecule has 0 bridgehead atoms. The molecule has 9 nitrogen and oxygen atoms in total. The third kappa shape index (κ3) is 3.53. The highest BCUT2D eigenvalue weighted by Crippen LogP contribution is 2.24. The van der Waals surface area contributed by atoms with Gasteiger partial charge in [-0.15, -0.1) is 0 Å². The zero-order valence-electron chi connectivity index (χ0n) is 11.2. The normalized spacial score (nSPS) is 10.1. The van der Waals surface area contributed by atoms with Crippen molar-refractivity contribution >= 4 is 17.3 Å². The second kappa shape index (κ2) is 6.46. The molecule has 2 rings (SSSR count). The molecule has 1 heterocycles. The van der Waals surface area contributed by atoms with Crippen LogP contribution in [0.2, 0.25) is 0 Å². The van der Waals surface area contributed by atoms with E-state index in [1.54, 1.807) is 7.05 Å². The van der Waals surface area contributed by atoms with Crippen molar-refractivity contribution in [2.24, 2.45) is 0 Å². The van der Waals surface area contributed by atoms with E-state index in [1.807, 2.05) is 0 Å². The van der Waals surface area contributed by atoms with Crippen LogP contribution in [0.3, 0.4) is 0 Å².